The molecule has 5 heteroatoms. The second kappa shape index (κ2) is 9.59. The van der Waals surface area contributed by atoms with Crippen molar-refractivity contribution in [2.24, 2.45) is 0 Å². The molecular formula is C26H35ClOSi3. The highest BCUT2D eigenvalue weighted by Gasteiger charge is 2.57. The molecule has 31 heavy (non-hydrogen) atoms. The van der Waals surface area contributed by atoms with Crippen LogP contribution in [0.15, 0.2) is 78.9 Å². The van der Waals surface area contributed by atoms with Gasteiger partial charge in [-0.2, -0.15) is 0 Å². The zero-order valence-electron chi connectivity index (χ0n) is 19.7. The first-order valence-electron chi connectivity index (χ1n) is 11.0. The lowest BCUT2D eigenvalue weighted by Gasteiger charge is -2.51. The van der Waals surface area contributed by atoms with Gasteiger partial charge in [0.05, 0.1) is 28.9 Å². The van der Waals surface area contributed by atoms with Crippen molar-refractivity contribution in [2.75, 3.05) is 7.11 Å². The third kappa shape index (κ3) is 4.41. The van der Waals surface area contributed by atoms with Crippen LogP contribution in [0.5, 0.6) is 0 Å². The summed E-state index contributed by atoms with van der Waals surface area (Å²) in [6.07, 6.45) is 0. The molecule has 164 valence electrons. The SMILES string of the molecule is COCc1ccc([Si](C)(C)[Si](C)(c2ccc(CCl)cc2)[Si](C)(C)c2ccccc2)cc1. The fourth-order valence-corrected chi connectivity index (χ4v) is 43.4. The minimum Gasteiger partial charge on any atom is -0.380 e. The van der Waals surface area contributed by atoms with E-state index in [1.54, 1.807) is 22.7 Å². The van der Waals surface area contributed by atoms with Crippen molar-refractivity contribution < 1.29 is 4.74 Å². The fraction of sp³-hybridized carbons (Fsp3) is 0.308. The fourth-order valence-electron chi connectivity index (χ4n) is 5.05. The molecule has 0 saturated heterocycles. The molecule has 0 N–H and O–H groups in total. The number of rotatable bonds is 8. The maximum atomic E-state index is 6.12. The van der Waals surface area contributed by atoms with Crippen LogP contribution in [0.2, 0.25) is 32.7 Å². The van der Waals surface area contributed by atoms with Crippen molar-refractivity contribution in [1.82, 2.24) is 0 Å². The van der Waals surface area contributed by atoms with E-state index in [1.807, 2.05) is 0 Å². The van der Waals surface area contributed by atoms with E-state index in [-0.39, 0.29) is 0 Å². The maximum absolute atomic E-state index is 6.12. The molecule has 1 nitrogen and oxygen atoms in total. The molecule has 0 amide bonds. The summed E-state index contributed by atoms with van der Waals surface area (Å²) >= 11 is 6.12. The van der Waals surface area contributed by atoms with Gasteiger partial charge in [-0.25, -0.2) is 0 Å². The average Bonchev–Trinajstić information content (AvgIpc) is 2.79. The maximum Gasteiger partial charge on any atom is 0.0815 e. The van der Waals surface area contributed by atoms with Gasteiger partial charge in [0.15, 0.2) is 0 Å². The Hall–Kier alpha value is -1.44. The van der Waals surface area contributed by atoms with Crippen molar-refractivity contribution >= 4 is 49.5 Å². The summed E-state index contributed by atoms with van der Waals surface area (Å²) in [6, 6.07) is 29.9. The van der Waals surface area contributed by atoms with Gasteiger partial charge in [0.25, 0.3) is 0 Å². The van der Waals surface area contributed by atoms with Crippen LogP contribution in [0.4, 0.5) is 0 Å². The summed E-state index contributed by atoms with van der Waals surface area (Å²) in [5, 5.41) is 4.71. The highest BCUT2D eigenvalue weighted by molar-refractivity contribution is 7.77. The molecule has 0 spiro atoms. The van der Waals surface area contributed by atoms with E-state index in [2.05, 4.69) is 112 Å². The first kappa shape index (κ1) is 24.2. The van der Waals surface area contributed by atoms with Crippen molar-refractivity contribution in [3.05, 3.63) is 90.0 Å². The van der Waals surface area contributed by atoms with E-state index < -0.39 is 22.3 Å². The molecule has 0 aliphatic rings. The summed E-state index contributed by atoms with van der Waals surface area (Å²) < 4.78 is 5.34. The molecule has 0 aromatic heterocycles. The van der Waals surface area contributed by atoms with E-state index in [1.165, 1.54) is 11.1 Å². The van der Waals surface area contributed by atoms with E-state index in [9.17, 15) is 0 Å². The molecule has 0 aliphatic carbocycles. The first-order chi connectivity index (χ1) is 14.7. The first-order valence-corrected chi connectivity index (χ1v) is 22.0. The summed E-state index contributed by atoms with van der Waals surface area (Å²) in [5.74, 6) is 0.569. The Bertz CT molecular complexity index is 985. The van der Waals surface area contributed by atoms with Gasteiger partial charge >= 0.3 is 0 Å². The molecule has 0 radical (unpaired) electrons. The summed E-state index contributed by atoms with van der Waals surface area (Å²) in [4.78, 5) is 0. The highest BCUT2D eigenvalue weighted by Crippen LogP contribution is 2.30. The molecule has 0 fully saturated rings. The molecule has 3 aromatic carbocycles. The van der Waals surface area contributed by atoms with E-state index in [0.717, 1.165) is 0 Å². The molecular weight excluding hydrogens is 448 g/mol. The zero-order valence-corrected chi connectivity index (χ0v) is 23.5. The molecule has 0 heterocycles. The van der Waals surface area contributed by atoms with Gasteiger partial charge in [0.2, 0.25) is 0 Å². The monoisotopic (exact) mass is 482 g/mol. The Morgan fingerprint density at radius 2 is 1.06 bits per heavy atom. The molecule has 1 unspecified atom stereocenters. The Balaban J connectivity index is 2.21. The predicted molar refractivity (Wildman–Crippen MR) is 145 cm³/mol. The lowest BCUT2D eigenvalue weighted by molar-refractivity contribution is 0.185. The van der Waals surface area contributed by atoms with E-state index in [0.29, 0.717) is 12.5 Å². The van der Waals surface area contributed by atoms with Crippen LogP contribution in [0.3, 0.4) is 0 Å². The van der Waals surface area contributed by atoms with Crippen molar-refractivity contribution in [3.8, 4) is 0 Å². The average molecular weight is 483 g/mol. The quantitative estimate of drug-likeness (QED) is 0.315. The third-order valence-electron chi connectivity index (χ3n) is 7.67. The Morgan fingerprint density at radius 3 is 1.55 bits per heavy atom. The number of alkyl halides is 1. The smallest absolute Gasteiger partial charge is 0.0815 e. The van der Waals surface area contributed by atoms with Crippen LogP contribution in [0, 0.1) is 0 Å². The Labute approximate surface area is 196 Å². The van der Waals surface area contributed by atoms with Crippen LogP contribution < -0.4 is 15.6 Å². The third-order valence-corrected chi connectivity index (χ3v) is 47.7. The van der Waals surface area contributed by atoms with Gasteiger partial charge in [-0.05, 0) is 11.1 Å². The van der Waals surface area contributed by atoms with E-state index >= 15 is 0 Å². The lowest BCUT2D eigenvalue weighted by atomic mass is 10.2. The minimum absolute atomic E-state index is 0.569. The molecule has 0 saturated carbocycles. The topological polar surface area (TPSA) is 9.23 Å². The largest absolute Gasteiger partial charge is 0.380 e. The number of benzene rings is 3. The molecule has 0 aliphatic heterocycles. The number of halogens is 1. The van der Waals surface area contributed by atoms with E-state index in [4.69, 9.17) is 16.3 Å². The number of ether oxygens (including phenoxy) is 1. The van der Waals surface area contributed by atoms with Gasteiger partial charge in [0.1, 0.15) is 0 Å². The van der Waals surface area contributed by atoms with Gasteiger partial charge < -0.3 is 4.74 Å². The number of hydrogen-bond donors (Lipinski definition) is 0. The minimum atomic E-state index is -1.93. The number of methoxy groups -OCH3 is 1. The molecule has 3 rings (SSSR count). The van der Waals surface area contributed by atoms with Gasteiger partial charge in [-0.3, -0.25) is 0 Å². The van der Waals surface area contributed by atoms with Gasteiger partial charge in [-0.15, -0.1) is 11.6 Å². The van der Waals surface area contributed by atoms with Crippen LogP contribution in [0.1, 0.15) is 11.1 Å². The molecule has 1 atom stereocenters. The summed E-state index contributed by atoms with van der Waals surface area (Å²) in [5.41, 5.74) is 2.44. The second-order valence-electron chi connectivity index (χ2n) is 9.70. The van der Waals surface area contributed by atoms with Crippen LogP contribution in [-0.4, -0.2) is 29.4 Å². The standard InChI is InChI=1S/C26H35ClOSi3/c1-28-21-23-14-16-25(17-15-23)30(4,5)31(6,26-18-12-22(20-27)13-19-26)29(2,3)24-10-8-7-9-11-24/h7-19H,20-21H2,1-6H3. The Morgan fingerprint density at radius 1 is 0.613 bits per heavy atom. The summed E-state index contributed by atoms with van der Waals surface area (Å²) in [7, 11) is -3.82. The molecule has 0 bridgehead atoms. The summed E-state index contributed by atoms with van der Waals surface area (Å²) in [6.45, 7) is 13.8. The number of hydrogen-bond acceptors (Lipinski definition) is 1. The second-order valence-corrected chi connectivity index (χ2v) is 35.5. The van der Waals surface area contributed by atoms with Gasteiger partial charge in [-0.1, -0.05) is 127 Å². The highest BCUT2D eigenvalue weighted by atomic mass is 35.5. The van der Waals surface area contributed by atoms with Crippen LogP contribution in [-0.2, 0) is 17.2 Å². The van der Waals surface area contributed by atoms with Crippen molar-refractivity contribution in [3.63, 3.8) is 0 Å². The van der Waals surface area contributed by atoms with Crippen LogP contribution in [0.25, 0.3) is 0 Å². The van der Waals surface area contributed by atoms with Crippen molar-refractivity contribution in [2.45, 2.75) is 45.2 Å². The molecule has 3 aromatic rings. The van der Waals surface area contributed by atoms with Crippen LogP contribution >= 0.6 is 11.6 Å². The predicted octanol–water partition coefficient (Wildman–Crippen LogP) is 5.25. The zero-order chi connectivity index (χ0) is 22.7. The lowest BCUT2D eigenvalue weighted by Crippen LogP contribution is -2.84. The Kier molecular flexibility index (Phi) is 7.49. The van der Waals surface area contributed by atoms with Crippen molar-refractivity contribution in [1.29, 1.82) is 0 Å². The van der Waals surface area contributed by atoms with Gasteiger partial charge in [0, 0.05) is 13.0 Å². The normalized spacial score (nSPS) is 14.3.